The van der Waals surface area contributed by atoms with Gasteiger partial charge in [0.1, 0.15) is 5.75 Å². The van der Waals surface area contributed by atoms with Gasteiger partial charge in [-0.3, -0.25) is 0 Å². The summed E-state index contributed by atoms with van der Waals surface area (Å²) in [6.45, 7) is 9.31. The van der Waals surface area contributed by atoms with Crippen LogP contribution in [0.5, 0.6) is 5.75 Å². The highest BCUT2D eigenvalue weighted by atomic mass is 16.3. The molecule has 0 spiro atoms. The number of carbonyl (C=O) groups excluding carboxylic acids is 1. The Bertz CT molecular complexity index is 479. The molecule has 0 radical (unpaired) electrons. The molecule has 1 aromatic carbocycles. The number of aryl methyl sites for hydroxylation is 2. The molecule has 1 rings (SSSR count). The number of rotatable bonds is 2. The Morgan fingerprint density at radius 2 is 1.79 bits per heavy atom. The molecule has 19 heavy (non-hydrogen) atoms. The van der Waals surface area contributed by atoms with Crippen molar-refractivity contribution in [2.75, 3.05) is 0 Å². The normalized spacial score (nSPS) is 11.6. The first kappa shape index (κ1) is 15.0. The number of carbonyl (C=O) groups is 1. The Labute approximate surface area is 113 Å². The van der Waals surface area contributed by atoms with Gasteiger partial charge >= 0.3 is 6.03 Å². The van der Waals surface area contributed by atoms with Crippen LogP contribution in [0.15, 0.2) is 17.2 Å². The van der Waals surface area contributed by atoms with E-state index in [4.69, 9.17) is 0 Å². The van der Waals surface area contributed by atoms with Gasteiger partial charge in [-0.25, -0.2) is 10.2 Å². The zero-order chi connectivity index (χ0) is 14.6. The maximum atomic E-state index is 11.5. The molecule has 0 unspecified atom stereocenters. The molecule has 3 N–H and O–H groups in total. The maximum Gasteiger partial charge on any atom is 0.335 e. The summed E-state index contributed by atoms with van der Waals surface area (Å²) < 4.78 is 0. The molecule has 0 fully saturated rings. The largest absolute Gasteiger partial charge is 0.507 e. The van der Waals surface area contributed by atoms with E-state index in [9.17, 15) is 9.90 Å². The van der Waals surface area contributed by atoms with Gasteiger partial charge in [0, 0.05) is 5.54 Å². The predicted molar refractivity (Wildman–Crippen MR) is 76.6 cm³/mol. The van der Waals surface area contributed by atoms with E-state index in [-0.39, 0.29) is 17.3 Å². The number of amides is 2. The van der Waals surface area contributed by atoms with Crippen molar-refractivity contribution >= 4 is 12.2 Å². The van der Waals surface area contributed by atoms with Crippen LogP contribution in [0.1, 0.15) is 37.5 Å². The number of hydrogen-bond acceptors (Lipinski definition) is 3. The standard InChI is InChI=1S/C14H21N3O2/c1-9-6-11(7-10(2)12(9)18)8-15-17-13(19)16-14(3,4)5/h6-8,18H,1-5H3,(H2,16,17,19)/b15-8+. The number of aromatic hydroxyl groups is 1. The van der Waals surface area contributed by atoms with Crippen LogP contribution in [0.3, 0.4) is 0 Å². The lowest BCUT2D eigenvalue weighted by molar-refractivity contribution is 0.232. The number of phenolic OH excluding ortho intramolecular Hbond substituents is 1. The molecule has 0 saturated heterocycles. The zero-order valence-electron chi connectivity index (χ0n) is 12.0. The van der Waals surface area contributed by atoms with Crippen molar-refractivity contribution in [3.05, 3.63) is 28.8 Å². The average Bonchev–Trinajstić information content (AvgIpc) is 2.23. The van der Waals surface area contributed by atoms with Gasteiger partial charge in [0.15, 0.2) is 0 Å². The first-order valence-electron chi connectivity index (χ1n) is 6.10. The number of hydrazone groups is 1. The summed E-state index contributed by atoms with van der Waals surface area (Å²) in [5.41, 5.74) is 4.48. The highest BCUT2D eigenvalue weighted by Gasteiger charge is 2.12. The van der Waals surface area contributed by atoms with E-state index in [0.717, 1.165) is 16.7 Å². The van der Waals surface area contributed by atoms with E-state index in [1.54, 1.807) is 18.3 Å². The first-order chi connectivity index (χ1) is 8.69. The van der Waals surface area contributed by atoms with Crippen molar-refractivity contribution in [3.63, 3.8) is 0 Å². The molecule has 0 aromatic heterocycles. The SMILES string of the molecule is Cc1cc(/C=N/NC(=O)NC(C)(C)C)cc(C)c1O. The molecule has 5 heteroatoms. The van der Waals surface area contributed by atoms with Crippen molar-refractivity contribution in [2.45, 2.75) is 40.2 Å². The quantitative estimate of drug-likeness (QED) is 0.566. The van der Waals surface area contributed by atoms with Gasteiger partial charge in [0.2, 0.25) is 0 Å². The Morgan fingerprint density at radius 3 is 2.26 bits per heavy atom. The fraction of sp³-hybridized carbons (Fsp3) is 0.429. The third-order valence-corrected chi connectivity index (χ3v) is 2.38. The number of hydrogen-bond donors (Lipinski definition) is 3. The Balaban J connectivity index is 2.66. The maximum absolute atomic E-state index is 11.5. The molecule has 0 bridgehead atoms. The van der Waals surface area contributed by atoms with Gasteiger partial charge in [0.05, 0.1) is 6.21 Å². The van der Waals surface area contributed by atoms with Crippen molar-refractivity contribution in [1.82, 2.24) is 10.7 Å². The minimum absolute atomic E-state index is 0.288. The molecule has 0 heterocycles. The first-order valence-corrected chi connectivity index (χ1v) is 6.10. The monoisotopic (exact) mass is 263 g/mol. The summed E-state index contributed by atoms with van der Waals surface area (Å²) in [4.78, 5) is 11.5. The van der Waals surface area contributed by atoms with E-state index in [2.05, 4.69) is 15.8 Å². The topological polar surface area (TPSA) is 73.7 Å². The summed E-state index contributed by atoms with van der Waals surface area (Å²) in [5.74, 6) is 0.288. The number of urea groups is 1. The summed E-state index contributed by atoms with van der Waals surface area (Å²) in [6.07, 6.45) is 1.54. The second-order valence-electron chi connectivity index (χ2n) is 5.58. The van der Waals surface area contributed by atoms with E-state index in [1.807, 2.05) is 34.6 Å². The van der Waals surface area contributed by atoms with Crippen LogP contribution in [-0.2, 0) is 0 Å². The molecular weight excluding hydrogens is 242 g/mol. The molecular formula is C14H21N3O2. The van der Waals surface area contributed by atoms with Crippen molar-refractivity contribution < 1.29 is 9.90 Å². The number of phenols is 1. The summed E-state index contributed by atoms with van der Waals surface area (Å²) in [7, 11) is 0. The third-order valence-electron chi connectivity index (χ3n) is 2.38. The van der Waals surface area contributed by atoms with E-state index in [1.165, 1.54) is 0 Å². The predicted octanol–water partition coefficient (Wildman–Crippen LogP) is 2.44. The Hall–Kier alpha value is -2.04. The van der Waals surface area contributed by atoms with Crippen molar-refractivity contribution in [2.24, 2.45) is 5.10 Å². The van der Waals surface area contributed by atoms with Gasteiger partial charge in [-0.05, 0) is 63.4 Å². The zero-order valence-corrected chi connectivity index (χ0v) is 12.0. The van der Waals surface area contributed by atoms with Crippen molar-refractivity contribution in [1.29, 1.82) is 0 Å². The van der Waals surface area contributed by atoms with Gasteiger partial charge in [-0.2, -0.15) is 5.10 Å². The van der Waals surface area contributed by atoms with Gasteiger partial charge in [-0.1, -0.05) is 0 Å². The lowest BCUT2D eigenvalue weighted by atomic mass is 10.1. The molecule has 0 saturated carbocycles. The minimum atomic E-state index is -0.351. The molecule has 0 aliphatic rings. The Kier molecular flexibility index (Phi) is 4.53. The minimum Gasteiger partial charge on any atom is -0.507 e. The number of benzene rings is 1. The van der Waals surface area contributed by atoms with Gasteiger partial charge < -0.3 is 10.4 Å². The molecule has 0 aliphatic carbocycles. The summed E-state index contributed by atoms with van der Waals surface area (Å²) >= 11 is 0. The Morgan fingerprint density at radius 1 is 1.26 bits per heavy atom. The van der Waals surface area contributed by atoms with Gasteiger partial charge in [0.25, 0.3) is 0 Å². The number of nitrogens with zero attached hydrogens (tertiary/aromatic N) is 1. The molecule has 104 valence electrons. The van der Waals surface area contributed by atoms with Crippen LogP contribution in [-0.4, -0.2) is 22.9 Å². The second kappa shape index (κ2) is 5.73. The number of nitrogens with one attached hydrogen (secondary N) is 2. The van der Waals surface area contributed by atoms with E-state index >= 15 is 0 Å². The van der Waals surface area contributed by atoms with E-state index in [0.29, 0.717) is 0 Å². The lowest BCUT2D eigenvalue weighted by Crippen LogP contribution is -2.44. The summed E-state index contributed by atoms with van der Waals surface area (Å²) in [6, 6.07) is 3.25. The highest BCUT2D eigenvalue weighted by Crippen LogP contribution is 2.21. The van der Waals surface area contributed by atoms with Crippen LogP contribution < -0.4 is 10.7 Å². The molecule has 0 aliphatic heterocycles. The fourth-order valence-electron chi connectivity index (χ4n) is 1.60. The van der Waals surface area contributed by atoms with Crippen molar-refractivity contribution in [3.8, 4) is 5.75 Å². The van der Waals surface area contributed by atoms with Crippen LogP contribution in [0.2, 0.25) is 0 Å². The van der Waals surface area contributed by atoms with Crippen LogP contribution in [0.4, 0.5) is 4.79 Å². The van der Waals surface area contributed by atoms with E-state index < -0.39 is 0 Å². The summed E-state index contributed by atoms with van der Waals surface area (Å²) in [5, 5.41) is 16.3. The lowest BCUT2D eigenvalue weighted by Gasteiger charge is -2.19. The molecule has 2 amide bonds. The molecule has 5 nitrogen and oxygen atoms in total. The van der Waals surface area contributed by atoms with Crippen LogP contribution in [0.25, 0.3) is 0 Å². The van der Waals surface area contributed by atoms with Gasteiger partial charge in [-0.15, -0.1) is 0 Å². The highest BCUT2D eigenvalue weighted by molar-refractivity contribution is 5.83. The third kappa shape index (κ3) is 4.99. The average molecular weight is 263 g/mol. The molecule has 0 atom stereocenters. The fourth-order valence-corrected chi connectivity index (χ4v) is 1.60. The smallest absolute Gasteiger partial charge is 0.335 e. The molecule has 1 aromatic rings. The second-order valence-corrected chi connectivity index (χ2v) is 5.58. The van der Waals surface area contributed by atoms with Crippen LogP contribution >= 0.6 is 0 Å². The van der Waals surface area contributed by atoms with Crippen LogP contribution in [0, 0.1) is 13.8 Å².